The summed E-state index contributed by atoms with van der Waals surface area (Å²) in [5.41, 5.74) is 0.221. The third-order valence-electron chi connectivity index (χ3n) is 3.91. The predicted octanol–water partition coefficient (Wildman–Crippen LogP) is 1.82. The van der Waals surface area contributed by atoms with Crippen LogP contribution in [0.15, 0.2) is 30.3 Å². The van der Waals surface area contributed by atoms with Crippen LogP contribution >= 0.6 is 0 Å². The molecule has 25 heavy (non-hydrogen) atoms. The van der Waals surface area contributed by atoms with Crippen molar-refractivity contribution in [2.75, 3.05) is 13.1 Å². The van der Waals surface area contributed by atoms with Gasteiger partial charge in [-0.3, -0.25) is 9.69 Å². The Morgan fingerprint density at radius 3 is 2.64 bits per heavy atom. The second-order valence-electron chi connectivity index (χ2n) is 7.10. The van der Waals surface area contributed by atoms with Gasteiger partial charge in [-0.15, -0.1) is 0 Å². The zero-order valence-electron chi connectivity index (χ0n) is 14.8. The molecule has 3 unspecified atom stereocenters. The van der Waals surface area contributed by atoms with Crippen LogP contribution in [0.1, 0.15) is 39.0 Å². The van der Waals surface area contributed by atoms with Crippen molar-refractivity contribution in [3.63, 3.8) is 0 Å². The van der Waals surface area contributed by atoms with Crippen LogP contribution in [0.25, 0.3) is 0 Å². The molecule has 138 valence electrons. The van der Waals surface area contributed by atoms with Gasteiger partial charge in [0.05, 0.1) is 12.1 Å². The number of hydrogen-bond acceptors (Lipinski definition) is 6. The number of alkyl carbamates (subject to hydrolysis) is 1. The number of rotatable bonds is 5. The molecule has 2 N–H and O–H groups in total. The minimum atomic E-state index is -0.684. The Morgan fingerprint density at radius 1 is 1.36 bits per heavy atom. The Kier molecular flexibility index (Phi) is 6.39. The summed E-state index contributed by atoms with van der Waals surface area (Å²) in [5.74, 6) is 0. The molecule has 2 rings (SSSR count). The summed E-state index contributed by atoms with van der Waals surface area (Å²) in [6.45, 7) is 6.63. The molecule has 1 heterocycles. The predicted molar refractivity (Wildman–Crippen MR) is 91.7 cm³/mol. The smallest absolute Gasteiger partial charge is 0.408 e. The maximum absolute atomic E-state index is 12.0. The van der Waals surface area contributed by atoms with Gasteiger partial charge in [0.1, 0.15) is 5.60 Å². The molecule has 0 saturated carbocycles. The van der Waals surface area contributed by atoms with Gasteiger partial charge < -0.3 is 19.9 Å². The van der Waals surface area contributed by atoms with Gasteiger partial charge in [0.25, 0.3) is 6.47 Å². The molecule has 1 saturated heterocycles. The number of carbonyl (C=O) groups excluding carboxylic acids is 2. The lowest BCUT2D eigenvalue weighted by atomic mass is 10.0. The summed E-state index contributed by atoms with van der Waals surface area (Å²) in [6.07, 6.45) is -1.37. The SMILES string of the molecule is CC(C)(C)OC(=O)NC1CN(C(OC=O)c2ccccc2)CCC1O. The third kappa shape index (κ3) is 5.72. The first-order valence-corrected chi connectivity index (χ1v) is 8.36. The molecule has 0 spiro atoms. The third-order valence-corrected chi connectivity index (χ3v) is 3.91. The van der Waals surface area contributed by atoms with E-state index in [1.54, 1.807) is 20.8 Å². The Balaban J connectivity index is 2.06. The lowest BCUT2D eigenvalue weighted by Crippen LogP contribution is -2.56. The van der Waals surface area contributed by atoms with Gasteiger partial charge in [-0.1, -0.05) is 30.3 Å². The van der Waals surface area contributed by atoms with Gasteiger partial charge in [0.15, 0.2) is 6.23 Å². The van der Waals surface area contributed by atoms with Crippen LogP contribution in [-0.2, 0) is 14.3 Å². The van der Waals surface area contributed by atoms with E-state index in [-0.39, 0.29) is 0 Å². The number of likely N-dealkylation sites (tertiary alicyclic amines) is 1. The molecule has 1 aromatic rings. The number of aliphatic hydroxyl groups excluding tert-OH is 1. The van der Waals surface area contributed by atoms with Crippen molar-refractivity contribution in [1.82, 2.24) is 10.2 Å². The van der Waals surface area contributed by atoms with Gasteiger partial charge >= 0.3 is 6.09 Å². The zero-order chi connectivity index (χ0) is 18.4. The minimum absolute atomic E-state index is 0.341. The van der Waals surface area contributed by atoms with Gasteiger partial charge in [0, 0.05) is 18.7 Å². The molecule has 1 aromatic carbocycles. The van der Waals surface area contributed by atoms with E-state index >= 15 is 0 Å². The fourth-order valence-corrected chi connectivity index (χ4v) is 2.82. The molecule has 7 heteroatoms. The second-order valence-corrected chi connectivity index (χ2v) is 7.10. The molecular formula is C18H26N2O5. The first kappa shape index (κ1) is 19.2. The second kappa shape index (κ2) is 8.31. The van der Waals surface area contributed by atoms with E-state index in [9.17, 15) is 14.7 Å². The number of aliphatic hydroxyl groups is 1. The van der Waals surface area contributed by atoms with Crippen molar-refractivity contribution in [1.29, 1.82) is 0 Å². The molecule has 1 fully saturated rings. The molecule has 7 nitrogen and oxygen atoms in total. The van der Waals surface area contributed by atoms with Crippen molar-refractivity contribution in [2.45, 2.75) is 51.2 Å². The average molecular weight is 350 g/mol. The van der Waals surface area contributed by atoms with Gasteiger partial charge in [-0.05, 0) is 27.2 Å². The molecule has 0 radical (unpaired) electrons. The quantitative estimate of drug-likeness (QED) is 0.788. The van der Waals surface area contributed by atoms with Gasteiger partial charge in [-0.25, -0.2) is 4.79 Å². The van der Waals surface area contributed by atoms with E-state index in [0.29, 0.717) is 26.0 Å². The van der Waals surface area contributed by atoms with Crippen LogP contribution in [0.4, 0.5) is 4.79 Å². The fraction of sp³-hybridized carbons (Fsp3) is 0.556. The summed E-state index contributed by atoms with van der Waals surface area (Å²) in [6, 6.07) is 8.85. The van der Waals surface area contributed by atoms with Crippen molar-refractivity contribution in [3.8, 4) is 0 Å². The van der Waals surface area contributed by atoms with E-state index < -0.39 is 30.1 Å². The summed E-state index contributed by atoms with van der Waals surface area (Å²) < 4.78 is 10.5. The number of ether oxygens (including phenoxy) is 2. The largest absolute Gasteiger partial charge is 0.444 e. The van der Waals surface area contributed by atoms with E-state index in [2.05, 4.69) is 5.32 Å². The van der Waals surface area contributed by atoms with E-state index in [0.717, 1.165) is 5.56 Å². The van der Waals surface area contributed by atoms with Crippen molar-refractivity contribution in [3.05, 3.63) is 35.9 Å². The van der Waals surface area contributed by atoms with E-state index in [1.807, 2.05) is 35.2 Å². The van der Waals surface area contributed by atoms with Gasteiger partial charge in [-0.2, -0.15) is 0 Å². The Hall–Kier alpha value is -2.12. The number of piperidine rings is 1. The first-order valence-electron chi connectivity index (χ1n) is 8.36. The summed E-state index contributed by atoms with van der Waals surface area (Å²) in [7, 11) is 0. The summed E-state index contributed by atoms with van der Waals surface area (Å²) in [4.78, 5) is 24.8. The number of carbonyl (C=O) groups is 2. The Labute approximate surface area is 147 Å². The Morgan fingerprint density at radius 2 is 2.04 bits per heavy atom. The molecule has 1 aliphatic rings. The standard InChI is InChI=1S/C18H26N2O5/c1-18(2,3)25-17(23)19-14-11-20(10-9-15(14)22)16(24-12-21)13-7-5-4-6-8-13/h4-8,12,14-16,22H,9-11H2,1-3H3,(H,19,23). The highest BCUT2D eigenvalue weighted by Gasteiger charge is 2.34. The fourth-order valence-electron chi connectivity index (χ4n) is 2.82. The number of amides is 1. The van der Waals surface area contributed by atoms with Crippen molar-refractivity contribution < 1.29 is 24.2 Å². The monoisotopic (exact) mass is 350 g/mol. The topological polar surface area (TPSA) is 88.1 Å². The van der Waals surface area contributed by atoms with Crippen LogP contribution in [-0.4, -0.2) is 53.4 Å². The van der Waals surface area contributed by atoms with Crippen molar-refractivity contribution >= 4 is 12.6 Å². The number of hydrogen-bond donors (Lipinski definition) is 2. The van der Waals surface area contributed by atoms with Crippen molar-refractivity contribution in [2.24, 2.45) is 0 Å². The van der Waals surface area contributed by atoms with Crippen LogP contribution < -0.4 is 5.32 Å². The molecule has 1 amide bonds. The average Bonchev–Trinajstić information content (AvgIpc) is 2.54. The number of benzene rings is 1. The summed E-state index contributed by atoms with van der Waals surface area (Å²) in [5, 5.41) is 12.9. The first-order chi connectivity index (χ1) is 11.8. The zero-order valence-corrected chi connectivity index (χ0v) is 14.8. The lowest BCUT2D eigenvalue weighted by Gasteiger charge is -2.39. The van der Waals surface area contributed by atoms with Crippen LogP contribution in [0.5, 0.6) is 0 Å². The normalized spacial score (nSPS) is 22.7. The molecular weight excluding hydrogens is 324 g/mol. The highest BCUT2D eigenvalue weighted by Crippen LogP contribution is 2.25. The van der Waals surface area contributed by atoms with E-state index in [4.69, 9.17) is 9.47 Å². The molecule has 1 aliphatic heterocycles. The maximum Gasteiger partial charge on any atom is 0.408 e. The van der Waals surface area contributed by atoms with Crippen LogP contribution in [0, 0.1) is 0 Å². The number of nitrogens with zero attached hydrogens (tertiary/aromatic N) is 1. The molecule has 0 aliphatic carbocycles. The summed E-state index contributed by atoms with van der Waals surface area (Å²) >= 11 is 0. The van der Waals surface area contributed by atoms with Crippen LogP contribution in [0.2, 0.25) is 0 Å². The lowest BCUT2D eigenvalue weighted by molar-refractivity contribution is -0.147. The highest BCUT2D eigenvalue weighted by atomic mass is 16.6. The van der Waals surface area contributed by atoms with Gasteiger partial charge in [0.2, 0.25) is 0 Å². The number of nitrogens with one attached hydrogen (secondary N) is 1. The van der Waals surface area contributed by atoms with E-state index in [1.165, 1.54) is 0 Å². The minimum Gasteiger partial charge on any atom is -0.444 e. The van der Waals surface area contributed by atoms with Crippen LogP contribution in [0.3, 0.4) is 0 Å². The molecule has 3 atom stereocenters. The maximum atomic E-state index is 12.0. The molecule has 0 bridgehead atoms. The molecule has 0 aromatic heterocycles. The Bertz CT molecular complexity index is 573. The highest BCUT2D eigenvalue weighted by molar-refractivity contribution is 5.68.